The fourth-order valence-electron chi connectivity index (χ4n) is 3.56. The van der Waals surface area contributed by atoms with E-state index in [1.165, 1.54) is 0 Å². The number of thioether (sulfide) groups is 1. The van der Waals surface area contributed by atoms with E-state index in [1.54, 1.807) is 26.2 Å². The van der Waals surface area contributed by atoms with Gasteiger partial charge in [-0.2, -0.15) is 11.8 Å². The first-order chi connectivity index (χ1) is 14.6. The Morgan fingerprint density at radius 3 is 2.63 bits per heavy atom. The lowest BCUT2D eigenvalue weighted by atomic mass is 9.94. The normalized spacial score (nSPS) is 19.7. The third-order valence-electron chi connectivity index (χ3n) is 4.96. The Labute approximate surface area is 181 Å². The van der Waals surface area contributed by atoms with Crippen LogP contribution in [0.25, 0.3) is 0 Å². The molecule has 1 atom stereocenters. The lowest BCUT2D eigenvalue weighted by Crippen LogP contribution is -2.49. The predicted octanol–water partition coefficient (Wildman–Crippen LogP) is 2.31. The second kappa shape index (κ2) is 10.6. The Hall–Kier alpha value is -2.39. The van der Waals surface area contributed by atoms with Gasteiger partial charge in [0.25, 0.3) is 0 Å². The summed E-state index contributed by atoms with van der Waals surface area (Å²) in [7, 11) is 1.56. The molecule has 0 aromatic heterocycles. The first kappa shape index (κ1) is 22.3. The highest BCUT2D eigenvalue weighted by molar-refractivity contribution is 7.99. The van der Waals surface area contributed by atoms with Crippen molar-refractivity contribution in [2.45, 2.75) is 19.9 Å². The van der Waals surface area contributed by atoms with Gasteiger partial charge in [0.05, 0.1) is 31.9 Å². The average molecular weight is 436 g/mol. The van der Waals surface area contributed by atoms with Gasteiger partial charge >= 0.3 is 12.0 Å². The van der Waals surface area contributed by atoms with Crippen molar-refractivity contribution >= 4 is 23.8 Å². The van der Waals surface area contributed by atoms with Crippen LogP contribution in [0, 0.1) is 0 Å². The number of hydrogen-bond donors (Lipinski definition) is 2. The van der Waals surface area contributed by atoms with Crippen LogP contribution in [0.2, 0.25) is 0 Å². The molecular weight excluding hydrogens is 406 g/mol. The molecule has 2 N–H and O–H groups in total. The largest absolute Gasteiger partial charge is 0.493 e. The molecule has 0 saturated carbocycles. The van der Waals surface area contributed by atoms with Crippen molar-refractivity contribution in [2.24, 2.45) is 0 Å². The Morgan fingerprint density at radius 2 is 1.97 bits per heavy atom. The third-order valence-corrected chi connectivity index (χ3v) is 5.90. The first-order valence-electron chi connectivity index (χ1n) is 10.2. The summed E-state index contributed by atoms with van der Waals surface area (Å²) in [5.41, 5.74) is 1.72. The highest BCUT2D eigenvalue weighted by atomic mass is 32.2. The van der Waals surface area contributed by atoms with Gasteiger partial charge in [0, 0.05) is 36.8 Å². The summed E-state index contributed by atoms with van der Waals surface area (Å²) in [6, 6.07) is 4.42. The molecule has 30 heavy (non-hydrogen) atoms. The van der Waals surface area contributed by atoms with Crippen LogP contribution in [0.4, 0.5) is 4.79 Å². The number of esters is 1. The van der Waals surface area contributed by atoms with Crippen LogP contribution in [0.3, 0.4) is 0 Å². The van der Waals surface area contributed by atoms with Gasteiger partial charge in [-0.15, -0.1) is 0 Å². The van der Waals surface area contributed by atoms with E-state index in [-0.39, 0.29) is 12.6 Å². The molecule has 3 rings (SSSR count). The molecule has 1 aromatic rings. The zero-order chi connectivity index (χ0) is 21.5. The van der Waals surface area contributed by atoms with Gasteiger partial charge in [0.15, 0.2) is 11.5 Å². The van der Waals surface area contributed by atoms with Crippen molar-refractivity contribution in [2.75, 3.05) is 51.5 Å². The maximum atomic E-state index is 12.9. The summed E-state index contributed by atoms with van der Waals surface area (Å²) in [5.74, 6) is 2.78. The number of nitrogens with one attached hydrogen (secondary N) is 2. The number of carbonyl (C=O) groups is 2. The minimum Gasteiger partial charge on any atom is -0.493 e. The molecule has 0 unspecified atom stereocenters. The predicted molar refractivity (Wildman–Crippen MR) is 116 cm³/mol. The molecular formula is C21H29N3O5S. The summed E-state index contributed by atoms with van der Waals surface area (Å²) < 4.78 is 16.4. The SMILES string of the molecule is CCOC(=O)C1=C(CN2CCSCC2)NC(=O)N[C@@H]1c1ccc(OCC)c(OC)c1. The van der Waals surface area contributed by atoms with E-state index in [0.29, 0.717) is 35.9 Å². The van der Waals surface area contributed by atoms with Gasteiger partial charge in [0.1, 0.15) is 0 Å². The van der Waals surface area contributed by atoms with Crippen molar-refractivity contribution in [1.29, 1.82) is 0 Å². The maximum absolute atomic E-state index is 12.9. The van der Waals surface area contributed by atoms with E-state index in [0.717, 1.165) is 30.2 Å². The van der Waals surface area contributed by atoms with Gasteiger partial charge in [-0.3, -0.25) is 4.90 Å². The Morgan fingerprint density at radius 1 is 1.20 bits per heavy atom. The van der Waals surface area contributed by atoms with Gasteiger partial charge in [0.2, 0.25) is 0 Å². The standard InChI is InChI=1S/C21H29N3O5S/c1-4-28-16-7-6-14(12-17(16)27-3)19-18(20(25)29-5-2)15(22-21(26)23-19)13-24-8-10-30-11-9-24/h6-7,12,19H,4-5,8-11,13H2,1-3H3,(H2,22,23,26)/t19-/m1/s1. The van der Waals surface area contributed by atoms with Crippen LogP contribution in [0.1, 0.15) is 25.5 Å². The monoisotopic (exact) mass is 435 g/mol. The number of urea groups is 1. The number of methoxy groups -OCH3 is 1. The van der Waals surface area contributed by atoms with E-state index in [9.17, 15) is 9.59 Å². The topological polar surface area (TPSA) is 89.1 Å². The minimum atomic E-state index is -0.642. The van der Waals surface area contributed by atoms with Crippen LogP contribution in [-0.2, 0) is 9.53 Å². The summed E-state index contributed by atoms with van der Waals surface area (Å²) in [6.07, 6.45) is 0. The number of benzene rings is 1. The molecule has 2 aliphatic heterocycles. The molecule has 0 radical (unpaired) electrons. The number of hydrogen-bond acceptors (Lipinski definition) is 7. The van der Waals surface area contributed by atoms with Crippen LogP contribution in [0.15, 0.2) is 29.5 Å². The van der Waals surface area contributed by atoms with Gasteiger partial charge in [-0.1, -0.05) is 6.07 Å². The van der Waals surface area contributed by atoms with Crippen LogP contribution < -0.4 is 20.1 Å². The zero-order valence-electron chi connectivity index (χ0n) is 17.7. The molecule has 164 valence electrons. The third kappa shape index (κ3) is 5.20. The second-order valence-electron chi connectivity index (χ2n) is 6.88. The fraction of sp³-hybridized carbons (Fsp3) is 0.524. The van der Waals surface area contributed by atoms with Gasteiger partial charge in [-0.25, -0.2) is 9.59 Å². The van der Waals surface area contributed by atoms with Crippen LogP contribution in [0.5, 0.6) is 11.5 Å². The molecule has 1 aromatic carbocycles. The van der Waals surface area contributed by atoms with Crippen molar-refractivity contribution in [1.82, 2.24) is 15.5 Å². The van der Waals surface area contributed by atoms with E-state index in [2.05, 4.69) is 15.5 Å². The van der Waals surface area contributed by atoms with Gasteiger partial charge in [-0.05, 0) is 31.5 Å². The summed E-state index contributed by atoms with van der Waals surface area (Å²) in [5, 5.41) is 5.70. The molecule has 2 aliphatic rings. The number of amides is 2. The van der Waals surface area contributed by atoms with Crippen LogP contribution in [-0.4, -0.2) is 68.4 Å². The number of rotatable bonds is 8. The molecule has 8 nitrogen and oxygen atoms in total. The second-order valence-corrected chi connectivity index (χ2v) is 8.10. The summed E-state index contributed by atoms with van der Waals surface area (Å²) >= 11 is 1.91. The quantitative estimate of drug-likeness (QED) is 0.606. The number of nitrogens with zero attached hydrogens (tertiary/aromatic N) is 1. The number of ether oxygens (including phenoxy) is 3. The number of carbonyl (C=O) groups excluding carboxylic acids is 2. The molecule has 1 fully saturated rings. The zero-order valence-corrected chi connectivity index (χ0v) is 18.5. The molecule has 0 spiro atoms. The molecule has 1 saturated heterocycles. The maximum Gasteiger partial charge on any atom is 0.338 e. The summed E-state index contributed by atoms with van der Waals surface area (Å²) in [6.45, 7) is 6.74. The highest BCUT2D eigenvalue weighted by Gasteiger charge is 2.35. The van der Waals surface area contributed by atoms with Crippen LogP contribution >= 0.6 is 11.8 Å². The fourth-order valence-corrected chi connectivity index (χ4v) is 4.54. The van der Waals surface area contributed by atoms with Crippen molar-refractivity contribution in [3.63, 3.8) is 0 Å². The lowest BCUT2D eigenvalue weighted by molar-refractivity contribution is -0.139. The van der Waals surface area contributed by atoms with E-state index in [1.807, 2.05) is 24.8 Å². The summed E-state index contributed by atoms with van der Waals surface area (Å²) in [4.78, 5) is 27.6. The lowest BCUT2D eigenvalue weighted by Gasteiger charge is -2.33. The molecule has 9 heteroatoms. The average Bonchev–Trinajstić information content (AvgIpc) is 2.74. The Balaban J connectivity index is 2.00. The molecule has 0 aliphatic carbocycles. The van der Waals surface area contributed by atoms with E-state index >= 15 is 0 Å². The first-order valence-corrected chi connectivity index (χ1v) is 11.3. The molecule has 2 heterocycles. The minimum absolute atomic E-state index is 0.253. The van der Waals surface area contributed by atoms with Crippen molar-refractivity contribution < 1.29 is 23.8 Å². The van der Waals surface area contributed by atoms with Gasteiger partial charge < -0.3 is 24.8 Å². The smallest absolute Gasteiger partial charge is 0.338 e. The molecule has 0 bridgehead atoms. The van der Waals surface area contributed by atoms with E-state index in [4.69, 9.17) is 14.2 Å². The van der Waals surface area contributed by atoms with Crippen molar-refractivity contribution in [3.05, 3.63) is 35.0 Å². The Kier molecular flexibility index (Phi) is 7.87. The molecule has 2 amide bonds. The Bertz CT molecular complexity index is 808. The van der Waals surface area contributed by atoms with Crippen molar-refractivity contribution in [3.8, 4) is 11.5 Å². The highest BCUT2D eigenvalue weighted by Crippen LogP contribution is 2.35. The van der Waals surface area contributed by atoms with E-state index < -0.39 is 12.0 Å².